The molecule has 0 aromatic carbocycles. The van der Waals surface area contributed by atoms with Crippen molar-refractivity contribution in [2.75, 3.05) is 13.1 Å². The third-order valence-electron chi connectivity index (χ3n) is 1.25. The summed E-state index contributed by atoms with van der Waals surface area (Å²) < 4.78 is 0. The van der Waals surface area contributed by atoms with Gasteiger partial charge in [0.1, 0.15) is 0 Å². The molecule has 52 valence electrons. The largest absolute Gasteiger partial charge is 0.478 e. The van der Waals surface area contributed by atoms with E-state index < -0.39 is 0 Å². The fraction of sp³-hybridized carbons (Fsp3) is 0.833. The quantitative estimate of drug-likeness (QED) is 0.485. The Morgan fingerprint density at radius 2 is 2.25 bits per heavy atom. The number of hydrogen-bond donors (Lipinski definition) is 2. The van der Waals surface area contributed by atoms with Crippen molar-refractivity contribution < 1.29 is 6.74 Å². The third-order valence-corrected chi connectivity index (χ3v) is 1.25. The molecule has 0 rings (SSSR count). The van der Waals surface area contributed by atoms with Crippen molar-refractivity contribution >= 4 is 0 Å². The minimum atomic E-state index is 0. The molecule has 4 N–H and O–H groups in total. The number of quaternary nitrogens is 1. The summed E-state index contributed by atoms with van der Waals surface area (Å²) in [5.74, 6) is 0. The van der Waals surface area contributed by atoms with Crippen molar-refractivity contribution in [3.05, 3.63) is 7.05 Å². The van der Waals surface area contributed by atoms with Gasteiger partial charge in [0.05, 0.1) is 6.54 Å². The van der Waals surface area contributed by atoms with Gasteiger partial charge < -0.3 is 11.1 Å². The minimum Gasteiger partial charge on any atom is -0.478 e. The molecular weight excluding hydrogens is 100 g/mol. The van der Waals surface area contributed by atoms with Gasteiger partial charge >= 0.3 is 0 Å². The first-order chi connectivity index (χ1) is 3.62. The molecule has 2 heteroatoms. The molecule has 0 heterocycles. The fourth-order valence-electron chi connectivity index (χ4n) is 0.474. The Morgan fingerprint density at radius 1 is 1.75 bits per heavy atom. The Bertz CT molecular complexity index is 64.1. The van der Waals surface area contributed by atoms with E-state index in [1.54, 1.807) is 0 Å². The monoisotopic (exact) mass is 118 g/mol. The van der Waals surface area contributed by atoms with Crippen molar-refractivity contribution in [1.29, 1.82) is 0 Å². The molecule has 0 saturated carbocycles. The summed E-state index contributed by atoms with van der Waals surface area (Å²) in [7, 11) is 3.64. The van der Waals surface area contributed by atoms with Crippen molar-refractivity contribution in [2.45, 2.75) is 13.8 Å². The van der Waals surface area contributed by atoms with Gasteiger partial charge in [0.2, 0.25) is 0 Å². The summed E-state index contributed by atoms with van der Waals surface area (Å²) in [5.41, 5.74) is 5.70. The maximum Gasteiger partial charge on any atom is 0.0579 e. The smallest absolute Gasteiger partial charge is 0.0579 e. The van der Waals surface area contributed by atoms with Crippen molar-refractivity contribution in [2.24, 2.45) is 11.1 Å². The molecule has 0 spiro atoms. The summed E-state index contributed by atoms with van der Waals surface area (Å²) in [4.78, 5) is 0. The van der Waals surface area contributed by atoms with Crippen LogP contribution in [0.15, 0.2) is 0 Å². The molecule has 0 aliphatic carbocycles. The highest BCUT2D eigenvalue weighted by Crippen LogP contribution is 2.06. The van der Waals surface area contributed by atoms with Gasteiger partial charge in [-0.25, -0.2) is 0 Å². The van der Waals surface area contributed by atoms with Gasteiger partial charge in [-0.3, -0.25) is 0 Å². The van der Waals surface area contributed by atoms with E-state index in [4.69, 9.17) is 5.73 Å². The first kappa shape index (κ1) is 7.92. The molecule has 0 atom stereocenters. The first-order valence-electron chi connectivity index (χ1n) is 2.93. The van der Waals surface area contributed by atoms with Crippen LogP contribution in [0.3, 0.4) is 0 Å². The van der Waals surface area contributed by atoms with Crippen LogP contribution in [0.25, 0.3) is 0 Å². The van der Waals surface area contributed by atoms with Crippen LogP contribution in [0.2, 0.25) is 0 Å². The summed E-state index contributed by atoms with van der Waals surface area (Å²) in [6, 6.07) is 0. The number of hydrogen-bond acceptors (Lipinski definition) is 1. The van der Waals surface area contributed by atoms with Gasteiger partial charge in [-0.15, -0.1) is 0 Å². The normalized spacial score (nSPS) is 12.0. The minimum absolute atomic E-state index is 0. The molecule has 0 saturated heterocycles. The zero-order valence-corrected chi connectivity index (χ0v) is 5.78. The summed E-state index contributed by atoms with van der Waals surface area (Å²) in [5, 5.41) is 1.91. The molecule has 2 nitrogen and oxygen atoms in total. The topological polar surface area (TPSA) is 42.6 Å². The highest BCUT2D eigenvalue weighted by atomic mass is 14.8. The van der Waals surface area contributed by atoms with E-state index in [1.165, 1.54) is 0 Å². The zero-order valence-electron chi connectivity index (χ0n) is 5.78. The molecule has 0 bridgehead atoms. The lowest BCUT2D eigenvalue weighted by atomic mass is 9.94. The van der Waals surface area contributed by atoms with Gasteiger partial charge in [0.15, 0.2) is 0 Å². The molecule has 8 heavy (non-hydrogen) atoms. The average molecular weight is 118 g/mol. The van der Waals surface area contributed by atoms with E-state index >= 15 is 0 Å². The maximum absolute atomic E-state index is 5.44. The van der Waals surface area contributed by atoms with Gasteiger partial charge in [-0.2, -0.15) is 7.05 Å². The molecule has 0 unspecified atom stereocenters. The SMILES string of the molecule is [CH2-][NH2+]CC(C)(C)CN.[HH]. The van der Waals surface area contributed by atoms with Crippen LogP contribution in [0.5, 0.6) is 0 Å². The second kappa shape index (κ2) is 3.05. The fourth-order valence-corrected chi connectivity index (χ4v) is 0.474. The van der Waals surface area contributed by atoms with Gasteiger partial charge in [0, 0.05) is 13.4 Å². The van der Waals surface area contributed by atoms with Gasteiger partial charge in [-0.1, -0.05) is 13.8 Å². The molecule has 0 aromatic heterocycles. The van der Waals surface area contributed by atoms with E-state index in [1.807, 2.05) is 5.32 Å². The second-order valence-corrected chi connectivity index (χ2v) is 2.86. The molecule has 0 aliphatic rings. The van der Waals surface area contributed by atoms with Crippen LogP contribution < -0.4 is 11.1 Å². The molecule has 0 aliphatic heterocycles. The van der Waals surface area contributed by atoms with E-state index in [-0.39, 0.29) is 6.84 Å². The van der Waals surface area contributed by atoms with Crippen molar-refractivity contribution in [1.82, 2.24) is 0 Å². The molecular formula is C6H18N2. The second-order valence-electron chi connectivity index (χ2n) is 2.86. The predicted octanol–water partition coefficient (Wildman–Crippen LogP) is -0.428. The Labute approximate surface area is 52.9 Å². The van der Waals surface area contributed by atoms with E-state index in [9.17, 15) is 0 Å². The Balaban J connectivity index is 0. The van der Waals surface area contributed by atoms with Crippen molar-refractivity contribution in [3.63, 3.8) is 0 Å². The Kier molecular flexibility index (Phi) is 3.02. The highest BCUT2D eigenvalue weighted by molar-refractivity contribution is 4.65. The average Bonchev–Trinajstić information content (AvgIpc) is 1.67. The molecule has 0 fully saturated rings. The van der Waals surface area contributed by atoms with Gasteiger partial charge in [0.25, 0.3) is 0 Å². The summed E-state index contributed by atoms with van der Waals surface area (Å²) in [6.07, 6.45) is 0. The lowest BCUT2D eigenvalue weighted by molar-refractivity contribution is -0.607. The number of rotatable bonds is 3. The molecule has 0 amide bonds. The highest BCUT2D eigenvalue weighted by Gasteiger charge is 2.14. The third kappa shape index (κ3) is 2.99. The van der Waals surface area contributed by atoms with Gasteiger partial charge in [-0.05, 0) is 0 Å². The van der Waals surface area contributed by atoms with E-state index in [0.29, 0.717) is 0 Å². The lowest BCUT2D eigenvalue weighted by Crippen LogP contribution is -2.80. The zero-order chi connectivity index (χ0) is 6.62. The van der Waals surface area contributed by atoms with Crippen molar-refractivity contribution in [3.8, 4) is 0 Å². The summed E-state index contributed by atoms with van der Waals surface area (Å²) in [6.45, 7) is 6.01. The number of nitrogens with two attached hydrogens (primary N) is 2. The Morgan fingerprint density at radius 3 is 2.38 bits per heavy atom. The van der Waals surface area contributed by atoms with Crippen LogP contribution in [-0.2, 0) is 0 Å². The Hall–Kier alpha value is -0.0800. The van der Waals surface area contributed by atoms with Crippen LogP contribution in [0, 0.1) is 12.5 Å². The van der Waals surface area contributed by atoms with E-state index in [0.717, 1.165) is 13.1 Å². The molecule has 0 aromatic rings. The molecule has 0 radical (unpaired) electrons. The standard InChI is InChI=1S/C6H16N2.H2/c1-6(2,4-7)5-8-3;/h3-5,7-8H2,1-2H3;1H. The lowest BCUT2D eigenvalue weighted by Gasteiger charge is -2.20. The van der Waals surface area contributed by atoms with Crippen LogP contribution in [0.4, 0.5) is 0 Å². The van der Waals surface area contributed by atoms with Crippen LogP contribution >= 0.6 is 0 Å². The summed E-state index contributed by atoms with van der Waals surface area (Å²) >= 11 is 0. The maximum atomic E-state index is 5.44. The van der Waals surface area contributed by atoms with Crippen LogP contribution in [0.1, 0.15) is 15.3 Å². The first-order valence-corrected chi connectivity index (χ1v) is 2.93. The predicted molar refractivity (Wildman–Crippen MR) is 37.1 cm³/mol. The van der Waals surface area contributed by atoms with E-state index in [2.05, 4.69) is 20.9 Å². The van der Waals surface area contributed by atoms with Crippen LogP contribution in [-0.4, -0.2) is 13.1 Å².